The van der Waals surface area contributed by atoms with Crippen LogP contribution in [0.25, 0.3) is 0 Å². The van der Waals surface area contributed by atoms with Crippen LogP contribution < -0.4 is 10.5 Å². The lowest BCUT2D eigenvalue weighted by Gasteiger charge is -2.17. The quantitative estimate of drug-likeness (QED) is 0.700. The Kier molecular flexibility index (Phi) is 4.17. The summed E-state index contributed by atoms with van der Waals surface area (Å²) in [6.45, 7) is -0.256. The molecule has 1 aromatic rings. The van der Waals surface area contributed by atoms with E-state index in [1.54, 1.807) is 0 Å². The minimum atomic E-state index is -1.56. The second-order valence-electron chi connectivity index (χ2n) is 3.26. The van der Waals surface area contributed by atoms with Crippen LogP contribution in [0.3, 0.4) is 0 Å². The first kappa shape index (κ1) is 12.8. The Morgan fingerprint density at radius 2 is 1.94 bits per heavy atom. The highest BCUT2D eigenvalue weighted by Crippen LogP contribution is 2.26. The molecule has 1 aromatic carbocycles. The molecule has 0 spiro atoms. The SMILES string of the molecule is COc1cc(F)c(C(O)C(O)CN)cc1F. The average molecular weight is 233 g/mol. The molecule has 0 fully saturated rings. The monoisotopic (exact) mass is 233 g/mol. The number of ether oxygens (including phenoxy) is 1. The number of benzene rings is 1. The van der Waals surface area contributed by atoms with Gasteiger partial charge in [0.05, 0.1) is 13.2 Å². The van der Waals surface area contributed by atoms with Crippen molar-refractivity contribution >= 4 is 0 Å². The van der Waals surface area contributed by atoms with Crippen molar-refractivity contribution in [2.24, 2.45) is 5.73 Å². The maximum absolute atomic E-state index is 13.4. The highest BCUT2D eigenvalue weighted by atomic mass is 19.1. The van der Waals surface area contributed by atoms with Crippen LogP contribution in [0.2, 0.25) is 0 Å². The van der Waals surface area contributed by atoms with Gasteiger partial charge in [-0.2, -0.15) is 0 Å². The number of halogens is 2. The van der Waals surface area contributed by atoms with E-state index in [0.29, 0.717) is 0 Å². The van der Waals surface area contributed by atoms with Gasteiger partial charge in [-0.1, -0.05) is 0 Å². The summed E-state index contributed by atoms with van der Waals surface area (Å²) >= 11 is 0. The van der Waals surface area contributed by atoms with Gasteiger partial charge < -0.3 is 20.7 Å². The lowest BCUT2D eigenvalue weighted by atomic mass is 10.0. The molecule has 16 heavy (non-hydrogen) atoms. The van der Waals surface area contributed by atoms with Gasteiger partial charge >= 0.3 is 0 Å². The Morgan fingerprint density at radius 1 is 1.31 bits per heavy atom. The summed E-state index contributed by atoms with van der Waals surface area (Å²) in [4.78, 5) is 0. The summed E-state index contributed by atoms with van der Waals surface area (Å²) in [6.07, 6.45) is -2.91. The molecule has 90 valence electrons. The summed E-state index contributed by atoms with van der Waals surface area (Å²) in [5.74, 6) is -1.95. The van der Waals surface area contributed by atoms with Gasteiger partial charge in [0, 0.05) is 18.2 Å². The zero-order chi connectivity index (χ0) is 12.3. The van der Waals surface area contributed by atoms with E-state index in [0.717, 1.165) is 12.1 Å². The molecule has 0 aromatic heterocycles. The maximum atomic E-state index is 13.4. The first-order valence-corrected chi connectivity index (χ1v) is 4.60. The normalized spacial score (nSPS) is 14.6. The third-order valence-corrected chi connectivity index (χ3v) is 2.20. The molecular weight excluding hydrogens is 220 g/mol. The van der Waals surface area contributed by atoms with Gasteiger partial charge in [0.1, 0.15) is 11.9 Å². The van der Waals surface area contributed by atoms with E-state index in [4.69, 9.17) is 5.73 Å². The molecule has 2 atom stereocenters. The molecule has 0 amide bonds. The third-order valence-electron chi connectivity index (χ3n) is 2.20. The summed E-state index contributed by atoms with van der Waals surface area (Å²) in [6, 6.07) is 1.58. The molecule has 4 nitrogen and oxygen atoms in total. The minimum absolute atomic E-state index is 0.256. The molecular formula is C10H13F2NO3. The van der Waals surface area contributed by atoms with Crippen LogP contribution in [-0.2, 0) is 0 Å². The van der Waals surface area contributed by atoms with E-state index in [1.807, 2.05) is 0 Å². The molecule has 0 aliphatic carbocycles. The van der Waals surface area contributed by atoms with Crippen molar-refractivity contribution in [3.05, 3.63) is 29.3 Å². The predicted molar refractivity (Wildman–Crippen MR) is 52.9 cm³/mol. The molecule has 0 bridgehead atoms. The number of methoxy groups -OCH3 is 1. The molecule has 0 saturated carbocycles. The van der Waals surface area contributed by atoms with E-state index < -0.39 is 23.8 Å². The summed E-state index contributed by atoms with van der Waals surface area (Å²) in [7, 11) is 1.20. The predicted octanol–water partition coefficient (Wildman–Crippen LogP) is 0.326. The molecule has 0 heterocycles. The standard InChI is InChI=1S/C10H13F2NO3/c1-16-9-3-6(11)5(2-7(9)12)10(15)8(14)4-13/h2-3,8,10,14-15H,4,13H2,1H3. The Balaban J connectivity index is 3.10. The highest BCUT2D eigenvalue weighted by molar-refractivity contribution is 5.32. The van der Waals surface area contributed by atoms with Gasteiger partial charge in [-0.15, -0.1) is 0 Å². The zero-order valence-electron chi connectivity index (χ0n) is 8.65. The second kappa shape index (κ2) is 5.20. The molecule has 4 N–H and O–H groups in total. The number of hydrogen-bond donors (Lipinski definition) is 3. The van der Waals surface area contributed by atoms with Gasteiger partial charge in [-0.3, -0.25) is 0 Å². The fraction of sp³-hybridized carbons (Fsp3) is 0.400. The van der Waals surface area contributed by atoms with Crippen LogP contribution in [0.5, 0.6) is 5.75 Å². The van der Waals surface area contributed by atoms with Crippen molar-refractivity contribution in [1.29, 1.82) is 0 Å². The lowest BCUT2D eigenvalue weighted by molar-refractivity contribution is 0.0219. The second-order valence-corrected chi connectivity index (χ2v) is 3.26. The lowest BCUT2D eigenvalue weighted by Crippen LogP contribution is -2.27. The van der Waals surface area contributed by atoms with Gasteiger partial charge in [0.25, 0.3) is 0 Å². The number of nitrogens with two attached hydrogens (primary N) is 1. The average Bonchev–Trinajstić information content (AvgIpc) is 2.29. The van der Waals surface area contributed by atoms with Crippen LogP contribution in [0.1, 0.15) is 11.7 Å². The minimum Gasteiger partial charge on any atom is -0.494 e. The first-order chi connectivity index (χ1) is 7.51. The third kappa shape index (κ3) is 2.46. The Morgan fingerprint density at radius 3 is 2.44 bits per heavy atom. The Bertz CT molecular complexity index is 373. The van der Waals surface area contributed by atoms with Gasteiger partial charge in [-0.25, -0.2) is 8.78 Å². The zero-order valence-corrected chi connectivity index (χ0v) is 8.65. The van der Waals surface area contributed by atoms with Crippen LogP contribution >= 0.6 is 0 Å². The van der Waals surface area contributed by atoms with Crippen molar-refractivity contribution in [3.63, 3.8) is 0 Å². The smallest absolute Gasteiger partial charge is 0.165 e. The van der Waals surface area contributed by atoms with Crippen LogP contribution in [-0.4, -0.2) is 30.0 Å². The van der Waals surface area contributed by atoms with Crippen LogP contribution in [0, 0.1) is 11.6 Å². The maximum Gasteiger partial charge on any atom is 0.165 e. The van der Waals surface area contributed by atoms with Crippen LogP contribution in [0.4, 0.5) is 8.78 Å². The van der Waals surface area contributed by atoms with Crippen molar-refractivity contribution in [1.82, 2.24) is 0 Å². The number of hydrogen-bond acceptors (Lipinski definition) is 4. The summed E-state index contributed by atoms with van der Waals surface area (Å²) in [5.41, 5.74) is 4.75. The molecule has 6 heteroatoms. The fourth-order valence-corrected chi connectivity index (χ4v) is 1.26. The van der Waals surface area contributed by atoms with Crippen molar-refractivity contribution in [2.45, 2.75) is 12.2 Å². The molecule has 1 rings (SSSR count). The number of aliphatic hydroxyl groups is 2. The van der Waals surface area contributed by atoms with E-state index in [1.165, 1.54) is 7.11 Å². The topological polar surface area (TPSA) is 75.7 Å². The van der Waals surface area contributed by atoms with Crippen molar-refractivity contribution in [3.8, 4) is 5.75 Å². The van der Waals surface area contributed by atoms with Gasteiger partial charge in [-0.05, 0) is 6.07 Å². The van der Waals surface area contributed by atoms with E-state index in [9.17, 15) is 19.0 Å². The Hall–Kier alpha value is -1.24. The molecule has 0 aliphatic rings. The van der Waals surface area contributed by atoms with Gasteiger partial charge in [0.15, 0.2) is 11.6 Å². The number of aliphatic hydroxyl groups excluding tert-OH is 2. The summed E-state index contributed by atoms with van der Waals surface area (Å²) < 4.78 is 31.2. The largest absolute Gasteiger partial charge is 0.494 e. The highest BCUT2D eigenvalue weighted by Gasteiger charge is 2.22. The van der Waals surface area contributed by atoms with E-state index >= 15 is 0 Å². The van der Waals surface area contributed by atoms with E-state index in [2.05, 4.69) is 4.74 Å². The molecule has 0 aliphatic heterocycles. The van der Waals surface area contributed by atoms with E-state index in [-0.39, 0.29) is 17.9 Å². The molecule has 0 radical (unpaired) electrons. The first-order valence-electron chi connectivity index (χ1n) is 4.60. The fourth-order valence-electron chi connectivity index (χ4n) is 1.26. The molecule has 2 unspecified atom stereocenters. The van der Waals surface area contributed by atoms with Gasteiger partial charge in [0.2, 0.25) is 0 Å². The number of rotatable bonds is 4. The Labute approximate surface area is 91.3 Å². The molecule has 0 saturated heterocycles. The summed E-state index contributed by atoms with van der Waals surface area (Å²) in [5, 5.41) is 18.7. The van der Waals surface area contributed by atoms with Crippen molar-refractivity contribution in [2.75, 3.05) is 13.7 Å². The van der Waals surface area contributed by atoms with Crippen LogP contribution in [0.15, 0.2) is 12.1 Å². The van der Waals surface area contributed by atoms with Crippen molar-refractivity contribution < 1.29 is 23.7 Å².